The largest absolute Gasteiger partial charge is 0.450 e. The average molecular weight is 463 g/mol. The molecule has 4 aliphatic carbocycles. The lowest BCUT2D eigenvalue weighted by Gasteiger charge is -2.60. The minimum atomic E-state index is -0.644. The molecular weight excluding hydrogens is 416 g/mol. The molecule has 0 heterocycles. The summed E-state index contributed by atoms with van der Waals surface area (Å²) in [7, 11) is 0. The molecule has 0 aromatic rings. The van der Waals surface area contributed by atoms with Crippen LogP contribution in [0, 0.1) is 45.8 Å². The average Bonchev–Trinajstić information content (AvgIpc) is 3.00. The topological polar surface area (TPSA) is 26.3 Å². The number of ether oxygens (including phenoxy) is 1. The molecule has 0 radical (unpaired) electrons. The Morgan fingerprint density at radius 2 is 1.78 bits per heavy atom. The van der Waals surface area contributed by atoms with Crippen molar-refractivity contribution >= 4 is 17.0 Å². The quantitative estimate of drug-likeness (QED) is 0.290. The lowest BCUT2D eigenvalue weighted by atomic mass is 9.44. The highest BCUT2D eigenvalue weighted by Gasteiger charge is 2.63. The van der Waals surface area contributed by atoms with E-state index in [0.717, 1.165) is 48.9 Å². The van der Waals surface area contributed by atoms with Crippen LogP contribution in [0.4, 0.5) is 4.79 Å². The van der Waals surface area contributed by atoms with Crippen molar-refractivity contribution in [3.8, 4) is 0 Å². The predicted molar refractivity (Wildman–Crippen MR) is 134 cm³/mol. The van der Waals surface area contributed by atoms with E-state index in [9.17, 15) is 4.79 Å². The lowest BCUT2D eigenvalue weighted by molar-refractivity contribution is -0.0888. The van der Waals surface area contributed by atoms with E-state index in [1.165, 1.54) is 51.4 Å². The zero-order valence-corrected chi connectivity index (χ0v) is 22.3. The zero-order chi connectivity index (χ0) is 23.3. The molecule has 3 heteroatoms. The maximum atomic E-state index is 11.3. The number of carbonyl (C=O) groups is 1. The summed E-state index contributed by atoms with van der Waals surface area (Å²) < 4.78 is 5.39. The number of carbonyl (C=O) groups excluding carboxylic acids is 1. The molecule has 4 rings (SSSR count). The van der Waals surface area contributed by atoms with Crippen molar-refractivity contribution in [1.29, 1.82) is 0 Å². The first-order chi connectivity index (χ1) is 15.0. The predicted octanol–water partition coefficient (Wildman–Crippen LogP) is 9.16. The Kier molecular flexibility index (Phi) is 6.88. The molecule has 32 heavy (non-hydrogen) atoms. The highest BCUT2D eigenvalue weighted by atomic mass is 35.5. The third-order valence-electron chi connectivity index (χ3n) is 11.5. The molecule has 0 bridgehead atoms. The van der Waals surface area contributed by atoms with Crippen LogP contribution >= 0.6 is 11.6 Å². The van der Waals surface area contributed by atoms with Crippen LogP contribution in [0.25, 0.3) is 0 Å². The maximum Gasteiger partial charge on any atom is 0.404 e. The molecule has 0 saturated heterocycles. The molecule has 2 nitrogen and oxygen atoms in total. The molecule has 0 amide bonds. The van der Waals surface area contributed by atoms with Crippen molar-refractivity contribution in [3.63, 3.8) is 0 Å². The van der Waals surface area contributed by atoms with E-state index in [2.05, 4.69) is 47.6 Å². The number of hydrogen-bond donors (Lipinski definition) is 0. The van der Waals surface area contributed by atoms with E-state index in [4.69, 9.17) is 16.3 Å². The summed E-state index contributed by atoms with van der Waals surface area (Å²) in [4.78, 5) is 11.3. The standard InChI is InChI=1S/C29H47ClO2/c1-19(2)8-7-9-20(3)28(5)16-14-25-23-11-10-21-18-22(32-26(30)31)12-15-27(21,4)24(23)13-17-29(25,28)6/h10,19-20,22-25H,7-9,11-18H2,1-6H3/t20-,22?,23-,24+,25+,27+,28-,29+/m1/s1. The maximum absolute atomic E-state index is 11.3. The summed E-state index contributed by atoms with van der Waals surface area (Å²) in [5.41, 5.74) is 2.17. The number of allylic oxidation sites excluding steroid dienone is 1. The molecule has 1 unspecified atom stereocenters. The van der Waals surface area contributed by atoms with Gasteiger partial charge in [-0.3, -0.25) is 0 Å². The number of fused-ring (bicyclic) bond motifs is 5. The van der Waals surface area contributed by atoms with Crippen LogP contribution in [-0.4, -0.2) is 11.5 Å². The first-order valence-electron chi connectivity index (χ1n) is 13.6. The van der Waals surface area contributed by atoms with E-state index in [1.807, 2.05) is 0 Å². The summed E-state index contributed by atoms with van der Waals surface area (Å²) >= 11 is 5.53. The van der Waals surface area contributed by atoms with Crippen LogP contribution < -0.4 is 0 Å². The van der Waals surface area contributed by atoms with Gasteiger partial charge in [-0.15, -0.1) is 0 Å². The Morgan fingerprint density at radius 3 is 2.47 bits per heavy atom. The van der Waals surface area contributed by atoms with Crippen LogP contribution in [0.1, 0.15) is 112 Å². The monoisotopic (exact) mass is 462 g/mol. The van der Waals surface area contributed by atoms with Crippen molar-refractivity contribution in [2.24, 2.45) is 45.8 Å². The van der Waals surface area contributed by atoms with Crippen molar-refractivity contribution in [2.45, 2.75) is 118 Å². The van der Waals surface area contributed by atoms with Crippen LogP contribution in [0.15, 0.2) is 11.6 Å². The van der Waals surface area contributed by atoms with Crippen LogP contribution in [0.3, 0.4) is 0 Å². The summed E-state index contributed by atoms with van der Waals surface area (Å²) in [5, 5.41) is 0. The van der Waals surface area contributed by atoms with Gasteiger partial charge in [-0.2, -0.15) is 0 Å². The second kappa shape index (κ2) is 8.94. The molecular formula is C29H47ClO2. The van der Waals surface area contributed by atoms with Gasteiger partial charge < -0.3 is 4.74 Å². The fourth-order valence-corrected chi connectivity index (χ4v) is 9.25. The molecule has 8 atom stereocenters. The Morgan fingerprint density at radius 1 is 1.06 bits per heavy atom. The van der Waals surface area contributed by atoms with Crippen LogP contribution in [0.5, 0.6) is 0 Å². The van der Waals surface area contributed by atoms with Crippen LogP contribution in [0.2, 0.25) is 0 Å². The van der Waals surface area contributed by atoms with Gasteiger partial charge in [0.15, 0.2) is 0 Å². The molecule has 0 N–H and O–H groups in total. The van der Waals surface area contributed by atoms with Gasteiger partial charge in [0.2, 0.25) is 0 Å². The number of rotatable bonds is 6. The van der Waals surface area contributed by atoms with Gasteiger partial charge in [-0.1, -0.05) is 72.5 Å². The van der Waals surface area contributed by atoms with Crippen molar-refractivity contribution in [2.75, 3.05) is 0 Å². The highest BCUT2D eigenvalue weighted by molar-refractivity contribution is 6.61. The molecule has 0 aromatic carbocycles. The Bertz CT molecular complexity index is 743. The first-order valence-corrected chi connectivity index (χ1v) is 13.9. The highest BCUT2D eigenvalue weighted by Crippen LogP contribution is 2.71. The summed E-state index contributed by atoms with van der Waals surface area (Å²) in [6.07, 6.45) is 16.5. The van der Waals surface area contributed by atoms with E-state index >= 15 is 0 Å². The first kappa shape index (κ1) is 24.6. The van der Waals surface area contributed by atoms with Gasteiger partial charge in [0.05, 0.1) is 0 Å². The summed E-state index contributed by atoms with van der Waals surface area (Å²) in [6.45, 7) is 15.2. The lowest BCUT2D eigenvalue weighted by Crippen LogP contribution is -2.53. The third kappa shape index (κ3) is 3.99. The zero-order valence-electron chi connectivity index (χ0n) is 21.5. The summed E-state index contributed by atoms with van der Waals surface area (Å²) in [6, 6.07) is 0. The minimum Gasteiger partial charge on any atom is -0.450 e. The normalized spacial score (nSPS) is 44.3. The van der Waals surface area contributed by atoms with Gasteiger partial charge >= 0.3 is 5.43 Å². The SMILES string of the molecule is CC(C)CCC[C@@H](C)[C@@]1(C)CC[C@H]2[C@@H]3CC=C4CC(OC(=O)Cl)CC[C@]4(C)[C@H]3CC[C@@]21C. The molecule has 0 aliphatic heterocycles. The fourth-order valence-electron chi connectivity index (χ4n) is 9.12. The van der Waals surface area contributed by atoms with E-state index in [-0.39, 0.29) is 6.10 Å². The second-order valence-corrected chi connectivity index (χ2v) is 13.4. The summed E-state index contributed by atoms with van der Waals surface area (Å²) in [5.74, 6) is 4.14. The van der Waals surface area contributed by atoms with Crippen molar-refractivity contribution < 1.29 is 9.53 Å². The van der Waals surface area contributed by atoms with Crippen molar-refractivity contribution in [1.82, 2.24) is 0 Å². The third-order valence-corrected chi connectivity index (χ3v) is 11.6. The van der Waals surface area contributed by atoms with E-state index in [1.54, 1.807) is 5.57 Å². The molecule has 0 spiro atoms. The van der Waals surface area contributed by atoms with Crippen molar-refractivity contribution in [3.05, 3.63) is 11.6 Å². The van der Waals surface area contributed by atoms with Gasteiger partial charge in [-0.25, -0.2) is 4.79 Å². The Hall–Kier alpha value is -0.500. The van der Waals surface area contributed by atoms with Crippen LogP contribution in [-0.2, 0) is 4.74 Å². The Balaban J connectivity index is 1.51. The van der Waals surface area contributed by atoms with Gasteiger partial charge in [0.25, 0.3) is 0 Å². The molecule has 182 valence electrons. The van der Waals surface area contributed by atoms with E-state index in [0.29, 0.717) is 16.2 Å². The number of halogens is 1. The smallest absolute Gasteiger partial charge is 0.404 e. The molecule has 3 fully saturated rings. The molecule has 3 saturated carbocycles. The minimum absolute atomic E-state index is 0.0220. The fraction of sp³-hybridized carbons (Fsp3) is 0.897. The second-order valence-electron chi connectivity index (χ2n) is 13.1. The van der Waals surface area contributed by atoms with Gasteiger partial charge in [0.1, 0.15) is 6.10 Å². The number of hydrogen-bond acceptors (Lipinski definition) is 2. The Labute approximate surface area is 202 Å². The van der Waals surface area contributed by atoms with E-state index < -0.39 is 5.43 Å². The molecule has 4 aliphatic rings. The van der Waals surface area contributed by atoms with Gasteiger partial charge in [-0.05, 0) is 90.8 Å². The molecule has 0 aromatic heterocycles. The van der Waals surface area contributed by atoms with Gasteiger partial charge in [0, 0.05) is 18.0 Å².